The van der Waals surface area contributed by atoms with E-state index in [-0.39, 0.29) is 0 Å². The first kappa shape index (κ1) is 17.3. The van der Waals surface area contributed by atoms with Crippen LogP contribution in [0, 0.1) is 19.3 Å². The summed E-state index contributed by atoms with van der Waals surface area (Å²) in [7, 11) is 3.99. The van der Waals surface area contributed by atoms with Crippen molar-refractivity contribution in [2.24, 2.45) is 5.41 Å². The molecule has 2 aliphatic rings. The molecule has 1 aliphatic heterocycles. The number of hydrogen-bond donors (Lipinski definition) is 2. The van der Waals surface area contributed by atoms with Crippen LogP contribution in [0.1, 0.15) is 35.5 Å². The van der Waals surface area contributed by atoms with Crippen molar-refractivity contribution in [2.75, 3.05) is 37.4 Å². The van der Waals surface area contributed by atoms with Gasteiger partial charge < -0.3 is 15.5 Å². The predicted octanol–water partition coefficient (Wildman–Crippen LogP) is 1.89. The summed E-state index contributed by atoms with van der Waals surface area (Å²) in [4.78, 5) is 11.5. The van der Waals surface area contributed by atoms with Gasteiger partial charge in [0.25, 0.3) is 0 Å². The number of aromatic nitrogens is 4. The number of hydrogen-bond acceptors (Lipinski definition) is 6. The third kappa shape index (κ3) is 3.40. The minimum atomic E-state index is 0.298. The molecule has 2 aromatic rings. The van der Waals surface area contributed by atoms with Crippen LogP contribution in [0.5, 0.6) is 0 Å². The molecule has 1 fully saturated rings. The summed E-state index contributed by atoms with van der Waals surface area (Å²) >= 11 is 0. The number of anilines is 2. The maximum atomic E-state index is 4.80. The summed E-state index contributed by atoms with van der Waals surface area (Å²) in [5.74, 6) is 1.79. The highest BCUT2D eigenvalue weighted by atomic mass is 15.3. The molecule has 140 valence electrons. The van der Waals surface area contributed by atoms with E-state index in [9.17, 15) is 0 Å². The average molecular weight is 355 g/mol. The van der Waals surface area contributed by atoms with Gasteiger partial charge in [0.2, 0.25) is 5.95 Å². The lowest BCUT2D eigenvalue weighted by Crippen LogP contribution is -2.29. The molecule has 3 heterocycles. The van der Waals surface area contributed by atoms with Gasteiger partial charge in [0.1, 0.15) is 5.82 Å². The number of nitrogens with zero attached hydrogens (tertiary/aromatic N) is 5. The monoisotopic (exact) mass is 355 g/mol. The third-order valence-corrected chi connectivity index (χ3v) is 5.50. The standard InChI is InChI=1S/C19H29N7/c1-13-9-14(2)26(24-13)12-19(6-7-19)11-21-17-15-5-8-20-10-16(15)22-18(23-17)25(3)4/h9,20H,5-8,10-12H2,1-4H3,(H,21,22,23). The lowest BCUT2D eigenvalue weighted by Gasteiger charge is -2.24. The molecule has 7 heteroatoms. The van der Waals surface area contributed by atoms with Crippen molar-refractivity contribution in [3.05, 3.63) is 28.7 Å². The highest BCUT2D eigenvalue weighted by Gasteiger charge is 2.43. The van der Waals surface area contributed by atoms with E-state index in [0.29, 0.717) is 5.41 Å². The molecule has 2 aromatic heterocycles. The molecular formula is C19H29N7. The van der Waals surface area contributed by atoms with Crippen LogP contribution in [0.4, 0.5) is 11.8 Å². The highest BCUT2D eigenvalue weighted by Crippen LogP contribution is 2.47. The quantitative estimate of drug-likeness (QED) is 0.825. The molecule has 0 radical (unpaired) electrons. The Morgan fingerprint density at radius 3 is 2.73 bits per heavy atom. The molecule has 0 aromatic carbocycles. The molecule has 7 nitrogen and oxygen atoms in total. The lowest BCUT2D eigenvalue weighted by molar-refractivity contribution is 0.409. The molecule has 0 saturated heterocycles. The Morgan fingerprint density at radius 1 is 1.27 bits per heavy atom. The molecule has 0 spiro atoms. The summed E-state index contributed by atoms with van der Waals surface area (Å²) in [5.41, 5.74) is 5.04. The van der Waals surface area contributed by atoms with E-state index in [1.807, 2.05) is 19.0 Å². The maximum absolute atomic E-state index is 4.80. The second-order valence-corrected chi connectivity index (χ2v) is 8.06. The van der Waals surface area contributed by atoms with Crippen molar-refractivity contribution < 1.29 is 0 Å². The summed E-state index contributed by atoms with van der Waals surface area (Å²) in [6, 6.07) is 2.15. The zero-order valence-corrected chi connectivity index (χ0v) is 16.3. The molecule has 0 unspecified atom stereocenters. The van der Waals surface area contributed by atoms with Gasteiger partial charge in [-0.1, -0.05) is 0 Å². The van der Waals surface area contributed by atoms with Gasteiger partial charge in [0.05, 0.1) is 11.4 Å². The Hall–Kier alpha value is -2.15. The normalized spacial score (nSPS) is 17.7. The zero-order chi connectivity index (χ0) is 18.3. The van der Waals surface area contributed by atoms with Gasteiger partial charge in [0.15, 0.2) is 0 Å². The zero-order valence-electron chi connectivity index (χ0n) is 16.3. The van der Waals surface area contributed by atoms with Crippen molar-refractivity contribution in [1.82, 2.24) is 25.1 Å². The van der Waals surface area contributed by atoms with Crippen molar-refractivity contribution in [2.45, 2.75) is 46.2 Å². The van der Waals surface area contributed by atoms with E-state index in [0.717, 1.165) is 55.8 Å². The van der Waals surface area contributed by atoms with Gasteiger partial charge in [-0.2, -0.15) is 10.1 Å². The Labute approximate surface area is 155 Å². The summed E-state index contributed by atoms with van der Waals surface area (Å²) in [6.07, 6.45) is 3.47. The summed E-state index contributed by atoms with van der Waals surface area (Å²) in [6.45, 7) is 7.93. The summed E-state index contributed by atoms with van der Waals surface area (Å²) in [5, 5.41) is 11.7. The Bertz CT molecular complexity index is 804. The Kier molecular flexibility index (Phi) is 4.34. The second kappa shape index (κ2) is 6.54. The van der Waals surface area contributed by atoms with Gasteiger partial charge in [-0.05, 0) is 45.7 Å². The van der Waals surface area contributed by atoms with Gasteiger partial charge >= 0.3 is 0 Å². The van der Waals surface area contributed by atoms with E-state index in [1.54, 1.807) is 0 Å². The minimum Gasteiger partial charge on any atom is -0.369 e. The first-order chi connectivity index (χ1) is 12.5. The molecule has 0 bridgehead atoms. The van der Waals surface area contributed by atoms with Crippen LogP contribution < -0.4 is 15.5 Å². The molecule has 26 heavy (non-hydrogen) atoms. The molecule has 1 aliphatic carbocycles. The predicted molar refractivity (Wildman–Crippen MR) is 104 cm³/mol. The van der Waals surface area contributed by atoms with Crippen molar-refractivity contribution in [3.63, 3.8) is 0 Å². The van der Waals surface area contributed by atoms with Gasteiger partial charge in [-0.25, -0.2) is 4.98 Å². The number of nitrogens with one attached hydrogen (secondary N) is 2. The molecule has 1 saturated carbocycles. The topological polar surface area (TPSA) is 70.9 Å². The second-order valence-electron chi connectivity index (χ2n) is 8.06. The van der Waals surface area contributed by atoms with E-state index >= 15 is 0 Å². The van der Waals surface area contributed by atoms with Crippen LogP contribution in [-0.2, 0) is 19.5 Å². The number of aryl methyl sites for hydroxylation is 2. The SMILES string of the molecule is Cc1cc(C)n(CC2(CNc3nc(N(C)C)nc4c3CCNC4)CC2)n1. The molecule has 0 amide bonds. The number of fused-ring (bicyclic) bond motifs is 1. The Balaban J connectivity index is 1.52. The molecule has 4 rings (SSSR count). The largest absolute Gasteiger partial charge is 0.369 e. The first-order valence-electron chi connectivity index (χ1n) is 9.49. The van der Waals surface area contributed by atoms with Crippen LogP contribution in [0.2, 0.25) is 0 Å². The van der Waals surface area contributed by atoms with Crippen LogP contribution >= 0.6 is 0 Å². The van der Waals surface area contributed by atoms with Crippen LogP contribution in [0.25, 0.3) is 0 Å². The average Bonchev–Trinajstić information content (AvgIpc) is 3.31. The van der Waals surface area contributed by atoms with Crippen molar-refractivity contribution in [3.8, 4) is 0 Å². The van der Waals surface area contributed by atoms with E-state index in [4.69, 9.17) is 9.97 Å². The van der Waals surface area contributed by atoms with Crippen LogP contribution in [0.3, 0.4) is 0 Å². The van der Waals surface area contributed by atoms with Crippen molar-refractivity contribution >= 4 is 11.8 Å². The highest BCUT2D eigenvalue weighted by molar-refractivity contribution is 5.52. The van der Waals surface area contributed by atoms with Crippen LogP contribution in [-0.4, -0.2) is 46.9 Å². The fourth-order valence-corrected chi connectivity index (χ4v) is 3.68. The fourth-order valence-electron chi connectivity index (χ4n) is 3.68. The molecule has 0 atom stereocenters. The van der Waals surface area contributed by atoms with E-state index in [2.05, 4.69) is 40.3 Å². The number of rotatable bonds is 6. The van der Waals surface area contributed by atoms with Gasteiger partial charge in [-0.15, -0.1) is 0 Å². The van der Waals surface area contributed by atoms with Gasteiger partial charge in [-0.3, -0.25) is 4.68 Å². The molecule has 2 N–H and O–H groups in total. The van der Waals surface area contributed by atoms with Gasteiger partial charge in [0, 0.05) is 50.4 Å². The summed E-state index contributed by atoms with van der Waals surface area (Å²) < 4.78 is 2.16. The fraction of sp³-hybridized carbons (Fsp3) is 0.632. The minimum absolute atomic E-state index is 0.298. The van der Waals surface area contributed by atoms with Crippen LogP contribution in [0.15, 0.2) is 6.07 Å². The third-order valence-electron chi connectivity index (χ3n) is 5.50. The maximum Gasteiger partial charge on any atom is 0.227 e. The van der Waals surface area contributed by atoms with Crippen molar-refractivity contribution in [1.29, 1.82) is 0 Å². The smallest absolute Gasteiger partial charge is 0.227 e. The molecular weight excluding hydrogens is 326 g/mol. The lowest BCUT2D eigenvalue weighted by atomic mass is 10.1. The van der Waals surface area contributed by atoms with E-state index < -0.39 is 0 Å². The first-order valence-corrected chi connectivity index (χ1v) is 9.49. The Morgan fingerprint density at radius 2 is 2.08 bits per heavy atom. The van der Waals surface area contributed by atoms with E-state index in [1.165, 1.54) is 24.1 Å².